The smallest absolute Gasteiger partial charge is 0.393 e. The number of rotatable bonds is 1. The van der Waals surface area contributed by atoms with Crippen molar-refractivity contribution in [2.45, 2.75) is 12.6 Å². The van der Waals surface area contributed by atoms with Crippen molar-refractivity contribution in [2.75, 3.05) is 0 Å². The number of hydrogen-bond acceptors (Lipinski definition) is 1. The van der Waals surface area contributed by atoms with Crippen molar-refractivity contribution >= 4 is 11.0 Å². The van der Waals surface area contributed by atoms with Gasteiger partial charge in [-0.25, -0.2) is 4.39 Å². The zero-order valence-corrected chi connectivity index (χ0v) is 7.36. The first-order valence-corrected chi connectivity index (χ1v) is 4.10. The highest BCUT2D eigenvalue weighted by Gasteiger charge is 2.29. The summed E-state index contributed by atoms with van der Waals surface area (Å²) in [7, 11) is 0. The van der Waals surface area contributed by atoms with Gasteiger partial charge in [0.1, 0.15) is 0 Å². The fraction of sp³-hybridized carbons (Fsp3) is 0.200. The summed E-state index contributed by atoms with van der Waals surface area (Å²) in [4.78, 5) is 0. The molecule has 79 valence electrons. The molecule has 0 N–H and O–H groups in total. The topological polar surface area (TPSA) is 13.1 Å². The minimum atomic E-state index is -4.34. The van der Waals surface area contributed by atoms with Gasteiger partial charge in [-0.2, -0.15) is 13.2 Å². The van der Waals surface area contributed by atoms with Gasteiger partial charge in [-0.05, 0) is 12.1 Å². The fourth-order valence-corrected chi connectivity index (χ4v) is 1.35. The molecule has 0 spiro atoms. The van der Waals surface area contributed by atoms with Crippen molar-refractivity contribution in [1.29, 1.82) is 0 Å². The highest BCUT2D eigenvalue weighted by molar-refractivity contribution is 5.80. The van der Waals surface area contributed by atoms with Crippen molar-refractivity contribution in [3.05, 3.63) is 35.8 Å². The van der Waals surface area contributed by atoms with Crippen molar-refractivity contribution in [2.24, 2.45) is 0 Å². The number of furan rings is 1. The second-order valence-electron chi connectivity index (χ2n) is 3.08. The molecule has 0 aliphatic heterocycles. The molecule has 1 heterocycles. The first-order chi connectivity index (χ1) is 6.97. The van der Waals surface area contributed by atoms with E-state index in [1.165, 1.54) is 6.07 Å². The van der Waals surface area contributed by atoms with Crippen molar-refractivity contribution in [3.8, 4) is 0 Å². The molecule has 0 bridgehead atoms. The van der Waals surface area contributed by atoms with E-state index in [1.54, 1.807) is 0 Å². The van der Waals surface area contributed by atoms with Crippen LogP contribution in [0.4, 0.5) is 17.6 Å². The third-order valence-electron chi connectivity index (χ3n) is 1.93. The van der Waals surface area contributed by atoms with Crippen LogP contribution < -0.4 is 0 Å². The second-order valence-corrected chi connectivity index (χ2v) is 3.08. The minimum absolute atomic E-state index is 0.0484. The lowest BCUT2D eigenvalue weighted by atomic mass is 10.1. The van der Waals surface area contributed by atoms with Crippen LogP contribution in [0, 0.1) is 11.9 Å². The maximum absolute atomic E-state index is 13.0. The van der Waals surface area contributed by atoms with Crippen LogP contribution in [0.1, 0.15) is 5.56 Å². The minimum Gasteiger partial charge on any atom is -0.461 e. The monoisotopic (exact) mass is 217 g/mol. The van der Waals surface area contributed by atoms with Crippen LogP contribution in [0.3, 0.4) is 0 Å². The summed E-state index contributed by atoms with van der Waals surface area (Å²) in [6, 6.07) is 4.84. The summed E-state index contributed by atoms with van der Waals surface area (Å²) >= 11 is 0. The molecule has 2 aromatic rings. The molecular formula is C10H5F4O. The molecule has 2 rings (SSSR count). The SMILES string of the molecule is Fc1cc[c]c2c(CC(F)(F)F)coc12. The lowest BCUT2D eigenvalue weighted by Crippen LogP contribution is -2.10. The van der Waals surface area contributed by atoms with Crippen LogP contribution in [0.25, 0.3) is 11.0 Å². The molecule has 0 amide bonds. The highest BCUT2D eigenvalue weighted by atomic mass is 19.4. The van der Waals surface area contributed by atoms with Crippen molar-refractivity contribution in [1.82, 2.24) is 0 Å². The third-order valence-corrected chi connectivity index (χ3v) is 1.93. The summed E-state index contributed by atoms with van der Waals surface area (Å²) in [5.41, 5.74) is -0.284. The number of halogens is 4. The van der Waals surface area contributed by atoms with Gasteiger partial charge in [0.05, 0.1) is 12.7 Å². The molecule has 1 aromatic heterocycles. The molecule has 0 fully saturated rings. The molecular weight excluding hydrogens is 212 g/mol. The van der Waals surface area contributed by atoms with E-state index in [0.717, 1.165) is 12.3 Å². The van der Waals surface area contributed by atoms with E-state index in [0.29, 0.717) is 0 Å². The Morgan fingerprint density at radius 3 is 2.73 bits per heavy atom. The molecule has 0 saturated heterocycles. The van der Waals surface area contributed by atoms with Gasteiger partial charge in [0.25, 0.3) is 0 Å². The summed E-state index contributed by atoms with van der Waals surface area (Å²) in [5.74, 6) is -0.683. The Bertz CT molecular complexity index is 484. The predicted octanol–water partition coefficient (Wildman–Crippen LogP) is 3.48. The van der Waals surface area contributed by atoms with Gasteiger partial charge in [-0.15, -0.1) is 0 Å². The van der Waals surface area contributed by atoms with Gasteiger partial charge >= 0.3 is 6.18 Å². The number of fused-ring (bicyclic) bond motifs is 1. The van der Waals surface area contributed by atoms with E-state index < -0.39 is 18.4 Å². The molecule has 0 aliphatic carbocycles. The van der Waals surface area contributed by atoms with Gasteiger partial charge < -0.3 is 4.42 Å². The van der Waals surface area contributed by atoms with Crippen molar-refractivity contribution < 1.29 is 22.0 Å². The Morgan fingerprint density at radius 2 is 2.07 bits per heavy atom. The van der Waals surface area contributed by atoms with Gasteiger partial charge in [0.15, 0.2) is 11.4 Å². The van der Waals surface area contributed by atoms with Crippen LogP contribution in [-0.2, 0) is 6.42 Å². The predicted molar refractivity (Wildman–Crippen MR) is 44.8 cm³/mol. The third kappa shape index (κ3) is 1.95. The average Bonchev–Trinajstić information content (AvgIpc) is 2.48. The molecule has 1 aromatic carbocycles. The van der Waals surface area contributed by atoms with E-state index in [9.17, 15) is 17.6 Å². The molecule has 0 saturated carbocycles. The molecule has 5 heteroatoms. The van der Waals surface area contributed by atoms with Gasteiger partial charge in [0, 0.05) is 10.9 Å². The van der Waals surface area contributed by atoms with Gasteiger partial charge in [-0.3, -0.25) is 0 Å². The van der Waals surface area contributed by atoms with Crippen LogP contribution in [0.2, 0.25) is 0 Å². The number of benzene rings is 1. The Hall–Kier alpha value is -1.52. The largest absolute Gasteiger partial charge is 0.461 e. The maximum Gasteiger partial charge on any atom is 0.393 e. The summed E-state index contributed by atoms with van der Waals surface area (Å²) in [5, 5.41) is 0.0484. The Morgan fingerprint density at radius 1 is 1.33 bits per heavy atom. The lowest BCUT2D eigenvalue weighted by molar-refractivity contribution is -0.127. The molecule has 1 nitrogen and oxygen atoms in total. The lowest BCUT2D eigenvalue weighted by Gasteiger charge is -2.03. The van der Waals surface area contributed by atoms with E-state index in [2.05, 4.69) is 6.07 Å². The number of hydrogen-bond donors (Lipinski definition) is 0. The summed E-state index contributed by atoms with van der Waals surface area (Å²) in [6.45, 7) is 0. The molecule has 1 radical (unpaired) electrons. The quantitative estimate of drug-likeness (QED) is 0.666. The standard InChI is InChI=1S/C10H5F4O/c11-8-3-1-2-7-6(4-10(12,13)14)5-15-9(7)8/h1,3,5H,4H2. The van der Waals surface area contributed by atoms with Gasteiger partial charge in [0.2, 0.25) is 0 Å². The van der Waals surface area contributed by atoms with Gasteiger partial charge in [-0.1, -0.05) is 6.07 Å². The van der Waals surface area contributed by atoms with Crippen LogP contribution in [-0.4, -0.2) is 6.18 Å². The van der Waals surface area contributed by atoms with E-state index in [-0.39, 0.29) is 16.5 Å². The van der Waals surface area contributed by atoms with E-state index in [1.807, 2.05) is 0 Å². The van der Waals surface area contributed by atoms with Crippen LogP contribution >= 0.6 is 0 Å². The zero-order chi connectivity index (χ0) is 11.1. The normalized spacial score (nSPS) is 12.3. The molecule has 0 unspecified atom stereocenters. The molecule has 0 aliphatic rings. The highest BCUT2D eigenvalue weighted by Crippen LogP contribution is 2.28. The average molecular weight is 217 g/mol. The first-order valence-electron chi connectivity index (χ1n) is 4.10. The van der Waals surface area contributed by atoms with Crippen molar-refractivity contribution in [3.63, 3.8) is 0 Å². The van der Waals surface area contributed by atoms with Crippen LogP contribution in [0.15, 0.2) is 22.8 Å². The Labute approximate surface area is 82.3 Å². The zero-order valence-electron chi connectivity index (χ0n) is 7.36. The number of alkyl halides is 3. The first kappa shape index (κ1) is 10.0. The summed E-state index contributed by atoms with van der Waals surface area (Å²) < 4.78 is 54.1. The fourth-order valence-electron chi connectivity index (χ4n) is 1.35. The second kappa shape index (κ2) is 3.25. The Kier molecular flexibility index (Phi) is 2.17. The molecule has 15 heavy (non-hydrogen) atoms. The van der Waals surface area contributed by atoms with E-state index >= 15 is 0 Å². The summed E-state index contributed by atoms with van der Waals surface area (Å²) in [6.07, 6.45) is -4.56. The molecule has 0 atom stereocenters. The Balaban J connectivity index is 2.50. The van der Waals surface area contributed by atoms with E-state index in [4.69, 9.17) is 4.42 Å². The maximum atomic E-state index is 13.0. The van der Waals surface area contributed by atoms with Crippen LogP contribution in [0.5, 0.6) is 0 Å².